The second-order valence-corrected chi connectivity index (χ2v) is 6.03. The fraction of sp³-hybridized carbons (Fsp3) is 0.250. The predicted molar refractivity (Wildman–Crippen MR) is 80.9 cm³/mol. The Morgan fingerprint density at radius 3 is 2.35 bits per heavy atom. The topological polar surface area (TPSA) is 20.2 Å². The summed E-state index contributed by atoms with van der Waals surface area (Å²) in [6, 6.07) is 12.1. The van der Waals surface area contributed by atoms with Crippen molar-refractivity contribution in [1.29, 1.82) is 0 Å². The Kier molecular flexibility index (Phi) is 4.69. The summed E-state index contributed by atoms with van der Waals surface area (Å²) in [5.74, 6) is -0.467. The first-order valence-corrected chi connectivity index (χ1v) is 7.03. The molecule has 0 aliphatic carbocycles. The highest BCUT2D eigenvalue weighted by atomic mass is 35.5. The van der Waals surface area contributed by atoms with Gasteiger partial charge < -0.3 is 5.11 Å². The maximum atomic E-state index is 13.9. The highest BCUT2D eigenvalue weighted by molar-refractivity contribution is 6.31. The molecule has 0 spiro atoms. The molecule has 1 nitrogen and oxygen atoms in total. The molecule has 0 heterocycles. The smallest absolute Gasteiger partial charge is 0.145 e. The molecule has 1 atom stereocenters. The van der Waals surface area contributed by atoms with Crippen LogP contribution < -0.4 is 0 Å². The Hall–Kier alpha value is -1.09. The van der Waals surface area contributed by atoms with Crippen LogP contribution in [0.15, 0.2) is 42.5 Å². The Labute approximate surface area is 128 Å². The molecule has 1 unspecified atom stereocenters. The molecule has 0 aliphatic heterocycles. The van der Waals surface area contributed by atoms with Crippen molar-refractivity contribution in [2.45, 2.75) is 25.4 Å². The van der Waals surface area contributed by atoms with Crippen LogP contribution in [0.4, 0.5) is 4.39 Å². The lowest BCUT2D eigenvalue weighted by Crippen LogP contribution is -2.30. The van der Waals surface area contributed by atoms with Crippen molar-refractivity contribution in [3.63, 3.8) is 0 Å². The number of hydrogen-bond acceptors (Lipinski definition) is 1. The van der Waals surface area contributed by atoms with Crippen LogP contribution in [0, 0.1) is 5.82 Å². The van der Waals surface area contributed by atoms with Gasteiger partial charge in [0, 0.05) is 17.9 Å². The summed E-state index contributed by atoms with van der Waals surface area (Å²) in [7, 11) is 0. The Morgan fingerprint density at radius 1 is 1.05 bits per heavy atom. The summed E-state index contributed by atoms with van der Waals surface area (Å²) < 4.78 is 13.9. The van der Waals surface area contributed by atoms with Crippen LogP contribution in [0.2, 0.25) is 10.0 Å². The van der Waals surface area contributed by atoms with E-state index in [1.807, 2.05) is 12.1 Å². The van der Waals surface area contributed by atoms with E-state index >= 15 is 0 Å². The Balaban J connectivity index is 2.14. The number of halogens is 3. The van der Waals surface area contributed by atoms with Crippen molar-refractivity contribution in [3.8, 4) is 0 Å². The molecule has 2 aromatic carbocycles. The van der Waals surface area contributed by atoms with Gasteiger partial charge in [-0.05, 0) is 36.2 Å². The van der Waals surface area contributed by atoms with Crippen molar-refractivity contribution in [2.75, 3.05) is 0 Å². The molecule has 2 rings (SSSR count). The van der Waals surface area contributed by atoms with E-state index in [2.05, 4.69) is 0 Å². The predicted octanol–water partition coefficient (Wildman–Crippen LogP) is 4.67. The molecule has 0 amide bonds. The standard InChI is InChI=1S/C16H15Cl2FO/c1-16(20,9-11-5-7-13(17)8-6-11)10-12-3-2-4-14(18)15(12)19/h2-8,20H,9-10H2,1H3. The fourth-order valence-corrected chi connectivity index (χ4v) is 2.52. The van der Waals surface area contributed by atoms with Crippen LogP contribution in [-0.2, 0) is 12.8 Å². The molecule has 0 fully saturated rings. The van der Waals surface area contributed by atoms with Gasteiger partial charge >= 0.3 is 0 Å². The van der Waals surface area contributed by atoms with Gasteiger partial charge in [-0.3, -0.25) is 0 Å². The van der Waals surface area contributed by atoms with E-state index in [0.717, 1.165) is 5.56 Å². The van der Waals surface area contributed by atoms with Gasteiger partial charge in [-0.15, -0.1) is 0 Å². The van der Waals surface area contributed by atoms with E-state index in [-0.39, 0.29) is 11.4 Å². The summed E-state index contributed by atoms with van der Waals surface area (Å²) in [5.41, 5.74) is 0.303. The zero-order valence-corrected chi connectivity index (χ0v) is 12.5. The van der Waals surface area contributed by atoms with E-state index in [9.17, 15) is 9.50 Å². The lowest BCUT2D eigenvalue weighted by Gasteiger charge is -2.24. The maximum Gasteiger partial charge on any atom is 0.145 e. The summed E-state index contributed by atoms with van der Waals surface area (Å²) in [4.78, 5) is 0. The van der Waals surface area contributed by atoms with Crippen LogP contribution in [0.5, 0.6) is 0 Å². The van der Waals surface area contributed by atoms with Gasteiger partial charge in [0.15, 0.2) is 0 Å². The molecular formula is C16H15Cl2FO. The van der Waals surface area contributed by atoms with Crippen LogP contribution in [0.25, 0.3) is 0 Å². The summed E-state index contributed by atoms with van der Waals surface area (Å²) in [5, 5.41) is 11.2. The maximum absolute atomic E-state index is 13.9. The monoisotopic (exact) mass is 312 g/mol. The summed E-state index contributed by atoms with van der Waals surface area (Å²) >= 11 is 11.6. The number of rotatable bonds is 4. The van der Waals surface area contributed by atoms with Gasteiger partial charge in [-0.25, -0.2) is 4.39 Å². The van der Waals surface area contributed by atoms with Crippen molar-refractivity contribution < 1.29 is 9.50 Å². The van der Waals surface area contributed by atoms with Crippen LogP contribution in [-0.4, -0.2) is 10.7 Å². The van der Waals surface area contributed by atoms with Crippen LogP contribution >= 0.6 is 23.2 Å². The first-order valence-electron chi connectivity index (χ1n) is 6.27. The Bertz CT molecular complexity index is 594. The molecule has 0 aromatic heterocycles. The summed E-state index contributed by atoms with van der Waals surface area (Å²) in [6.45, 7) is 1.68. The average molecular weight is 313 g/mol. The highest BCUT2D eigenvalue weighted by Crippen LogP contribution is 2.24. The van der Waals surface area contributed by atoms with E-state index < -0.39 is 11.4 Å². The zero-order chi connectivity index (χ0) is 14.8. The van der Waals surface area contributed by atoms with E-state index in [0.29, 0.717) is 17.0 Å². The van der Waals surface area contributed by atoms with Gasteiger partial charge in [-0.2, -0.15) is 0 Å². The molecule has 4 heteroatoms. The van der Waals surface area contributed by atoms with Crippen LogP contribution in [0.1, 0.15) is 18.1 Å². The van der Waals surface area contributed by atoms with Gasteiger partial charge in [0.2, 0.25) is 0 Å². The van der Waals surface area contributed by atoms with Gasteiger partial charge in [0.05, 0.1) is 10.6 Å². The first kappa shape index (κ1) is 15.3. The lowest BCUT2D eigenvalue weighted by atomic mass is 9.89. The second-order valence-electron chi connectivity index (χ2n) is 5.19. The van der Waals surface area contributed by atoms with Crippen molar-refractivity contribution >= 4 is 23.2 Å². The minimum atomic E-state index is -1.06. The van der Waals surface area contributed by atoms with Gasteiger partial charge in [0.1, 0.15) is 5.82 Å². The second kappa shape index (κ2) is 6.13. The quantitative estimate of drug-likeness (QED) is 0.870. The summed E-state index contributed by atoms with van der Waals surface area (Å²) in [6.07, 6.45) is 0.609. The van der Waals surface area contributed by atoms with E-state index in [4.69, 9.17) is 23.2 Å². The molecule has 0 saturated carbocycles. The van der Waals surface area contributed by atoms with E-state index in [1.165, 1.54) is 6.07 Å². The third kappa shape index (κ3) is 3.95. The normalized spacial score (nSPS) is 14.1. The molecule has 0 radical (unpaired) electrons. The number of aliphatic hydroxyl groups is 1. The van der Waals surface area contributed by atoms with Gasteiger partial charge in [-0.1, -0.05) is 47.5 Å². The third-order valence-corrected chi connectivity index (χ3v) is 3.64. The number of benzene rings is 2. The molecule has 2 aromatic rings. The van der Waals surface area contributed by atoms with Crippen molar-refractivity contribution in [2.24, 2.45) is 0 Å². The zero-order valence-electron chi connectivity index (χ0n) is 11.0. The third-order valence-electron chi connectivity index (χ3n) is 3.10. The van der Waals surface area contributed by atoms with Crippen molar-refractivity contribution in [1.82, 2.24) is 0 Å². The minimum absolute atomic E-state index is 0.0739. The molecule has 0 saturated heterocycles. The van der Waals surface area contributed by atoms with Gasteiger partial charge in [0.25, 0.3) is 0 Å². The van der Waals surface area contributed by atoms with Crippen LogP contribution in [0.3, 0.4) is 0 Å². The SMILES string of the molecule is CC(O)(Cc1ccc(Cl)cc1)Cc1cccc(Cl)c1F. The molecule has 20 heavy (non-hydrogen) atoms. The lowest BCUT2D eigenvalue weighted by molar-refractivity contribution is 0.0599. The molecule has 0 aliphatic rings. The molecule has 0 bridgehead atoms. The molecular weight excluding hydrogens is 298 g/mol. The van der Waals surface area contributed by atoms with Crippen molar-refractivity contribution in [3.05, 3.63) is 69.5 Å². The Morgan fingerprint density at radius 2 is 1.70 bits per heavy atom. The molecule has 106 valence electrons. The highest BCUT2D eigenvalue weighted by Gasteiger charge is 2.23. The largest absolute Gasteiger partial charge is 0.389 e. The number of hydrogen-bond donors (Lipinski definition) is 1. The fourth-order valence-electron chi connectivity index (χ4n) is 2.20. The molecule has 1 N–H and O–H groups in total. The average Bonchev–Trinajstić information content (AvgIpc) is 2.37. The minimum Gasteiger partial charge on any atom is -0.389 e. The van der Waals surface area contributed by atoms with E-state index in [1.54, 1.807) is 31.2 Å². The first-order chi connectivity index (χ1) is 9.37.